The Morgan fingerprint density at radius 2 is 2.22 bits per heavy atom. The van der Waals surface area contributed by atoms with Gasteiger partial charge in [-0.25, -0.2) is 0 Å². The van der Waals surface area contributed by atoms with Gasteiger partial charge in [0, 0.05) is 19.2 Å². The molecule has 98 valence electrons. The number of hydrogen-bond acceptors (Lipinski definition) is 4. The molecule has 0 radical (unpaired) electrons. The Morgan fingerprint density at radius 1 is 1.50 bits per heavy atom. The summed E-state index contributed by atoms with van der Waals surface area (Å²) < 4.78 is 4.99. The summed E-state index contributed by atoms with van der Waals surface area (Å²) in [6.07, 6.45) is 2.63. The smallest absolute Gasteiger partial charge is 0.311 e. The molecule has 1 aromatic rings. The Hall–Kier alpha value is -1.62. The molecule has 5 nitrogen and oxygen atoms in total. The largest absolute Gasteiger partial charge is 0.490 e. The zero-order chi connectivity index (χ0) is 13.1. The van der Waals surface area contributed by atoms with Crippen LogP contribution in [0.2, 0.25) is 0 Å². The standard InChI is InChI=1S/C13H18N2O3/c1-14(8-10-3-4-10)9-11-5-6-13(18-2)12(7-11)15(16)17/h5-7,10H,3-4,8-9H2,1-2H3. The highest BCUT2D eigenvalue weighted by atomic mass is 16.6. The van der Waals surface area contributed by atoms with Crippen molar-refractivity contribution in [1.29, 1.82) is 0 Å². The number of hydrogen-bond donors (Lipinski definition) is 0. The molecular formula is C13H18N2O3. The molecule has 2 rings (SSSR count). The molecule has 1 fully saturated rings. The van der Waals surface area contributed by atoms with Crippen LogP contribution in [0.15, 0.2) is 18.2 Å². The number of rotatable bonds is 6. The Bertz CT molecular complexity index is 444. The Morgan fingerprint density at radius 3 is 2.78 bits per heavy atom. The topological polar surface area (TPSA) is 55.6 Å². The normalized spacial score (nSPS) is 14.8. The molecule has 0 spiro atoms. The number of ether oxygens (including phenoxy) is 1. The van der Waals surface area contributed by atoms with E-state index in [4.69, 9.17) is 4.74 Å². The van der Waals surface area contributed by atoms with Gasteiger partial charge in [0.1, 0.15) is 0 Å². The summed E-state index contributed by atoms with van der Waals surface area (Å²) in [7, 11) is 3.50. The third-order valence-electron chi connectivity index (χ3n) is 3.16. The van der Waals surface area contributed by atoms with Gasteiger partial charge < -0.3 is 9.64 Å². The molecule has 18 heavy (non-hydrogen) atoms. The number of benzene rings is 1. The van der Waals surface area contributed by atoms with Crippen molar-refractivity contribution in [3.05, 3.63) is 33.9 Å². The first kappa shape index (κ1) is 12.8. The van der Waals surface area contributed by atoms with E-state index < -0.39 is 4.92 Å². The molecule has 0 amide bonds. The summed E-state index contributed by atoms with van der Waals surface area (Å²) in [5.74, 6) is 1.14. The SMILES string of the molecule is COc1ccc(CN(C)CC2CC2)cc1[N+](=O)[O-]. The van der Waals surface area contributed by atoms with E-state index in [9.17, 15) is 10.1 Å². The maximum Gasteiger partial charge on any atom is 0.311 e. The fourth-order valence-electron chi connectivity index (χ4n) is 2.09. The molecule has 1 aliphatic carbocycles. The van der Waals surface area contributed by atoms with Crippen LogP contribution in [0.1, 0.15) is 18.4 Å². The van der Waals surface area contributed by atoms with Crippen molar-refractivity contribution >= 4 is 5.69 Å². The average Bonchev–Trinajstić information content (AvgIpc) is 3.12. The molecule has 0 atom stereocenters. The predicted octanol–water partition coefficient (Wildman–Crippen LogP) is 2.45. The van der Waals surface area contributed by atoms with Gasteiger partial charge in [-0.3, -0.25) is 10.1 Å². The van der Waals surface area contributed by atoms with E-state index in [0.717, 1.165) is 24.6 Å². The van der Waals surface area contributed by atoms with E-state index in [1.165, 1.54) is 20.0 Å². The van der Waals surface area contributed by atoms with Gasteiger partial charge in [-0.1, -0.05) is 6.07 Å². The van der Waals surface area contributed by atoms with Gasteiger partial charge in [-0.15, -0.1) is 0 Å². The van der Waals surface area contributed by atoms with E-state index >= 15 is 0 Å². The first-order chi connectivity index (χ1) is 8.60. The monoisotopic (exact) mass is 250 g/mol. The molecular weight excluding hydrogens is 232 g/mol. The van der Waals surface area contributed by atoms with Crippen molar-refractivity contribution < 1.29 is 9.66 Å². The maximum atomic E-state index is 10.9. The van der Waals surface area contributed by atoms with Crippen molar-refractivity contribution in [2.45, 2.75) is 19.4 Å². The fourth-order valence-corrected chi connectivity index (χ4v) is 2.09. The minimum absolute atomic E-state index is 0.0369. The number of nitro groups is 1. The maximum absolute atomic E-state index is 10.9. The van der Waals surface area contributed by atoms with Gasteiger partial charge in [-0.2, -0.15) is 0 Å². The van der Waals surface area contributed by atoms with E-state index in [2.05, 4.69) is 4.90 Å². The quantitative estimate of drug-likeness (QED) is 0.575. The van der Waals surface area contributed by atoms with Crippen molar-refractivity contribution in [3.63, 3.8) is 0 Å². The van der Waals surface area contributed by atoms with Crippen LogP contribution in [0.25, 0.3) is 0 Å². The highest BCUT2D eigenvalue weighted by Gasteiger charge is 2.23. The number of nitrogens with zero attached hydrogens (tertiary/aromatic N) is 2. The molecule has 0 heterocycles. The molecule has 0 aliphatic heterocycles. The summed E-state index contributed by atoms with van der Waals surface area (Å²) in [5, 5.41) is 10.9. The molecule has 1 aliphatic rings. The van der Waals surface area contributed by atoms with Crippen LogP contribution in [-0.4, -0.2) is 30.5 Å². The Kier molecular flexibility index (Phi) is 3.81. The van der Waals surface area contributed by atoms with Crippen LogP contribution in [0.3, 0.4) is 0 Å². The zero-order valence-corrected chi connectivity index (χ0v) is 10.8. The zero-order valence-electron chi connectivity index (χ0n) is 10.8. The first-order valence-electron chi connectivity index (χ1n) is 6.10. The van der Waals surface area contributed by atoms with Crippen LogP contribution in [0.5, 0.6) is 5.75 Å². The van der Waals surface area contributed by atoms with Gasteiger partial charge in [0.05, 0.1) is 12.0 Å². The summed E-state index contributed by atoms with van der Waals surface area (Å²) in [6, 6.07) is 5.15. The lowest BCUT2D eigenvalue weighted by atomic mass is 10.1. The molecule has 0 N–H and O–H groups in total. The molecule has 0 saturated heterocycles. The minimum atomic E-state index is -0.400. The second kappa shape index (κ2) is 5.35. The van der Waals surface area contributed by atoms with Gasteiger partial charge >= 0.3 is 5.69 Å². The predicted molar refractivity (Wildman–Crippen MR) is 68.7 cm³/mol. The van der Waals surface area contributed by atoms with Crippen molar-refractivity contribution in [1.82, 2.24) is 4.90 Å². The lowest BCUT2D eigenvalue weighted by Gasteiger charge is -2.16. The molecule has 0 bridgehead atoms. The lowest BCUT2D eigenvalue weighted by Crippen LogP contribution is -2.20. The van der Waals surface area contributed by atoms with Gasteiger partial charge in [0.2, 0.25) is 0 Å². The highest BCUT2D eigenvalue weighted by Crippen LogP contribution is 2.31. The van der Waals surface area contributed by atoms with Gasteiger partial charge in [0.15, 0.2) is 5.75 Å². The van der Waals surface area contributed by atoms with E-state index in [-0.39, 0.29) is 5.69 Å². The van der Waals surface area contributed by atoms with Crippen LogP contribution < -0.4 is 4.74 Å². The fraction of sp³-hybridized carbons (Fsp3) is 0.538. The van der Waals surface area contributed by atoms with Crippen molar-refractivity contribution in [2.24, 2.45) is 5.92 Å². The third-order valence-corrected chi connectivity index (χ3v) is 3.16. The van der Waals surface area contributed by atoms with E-state index in [1.807, 2.05) is 13.1 Å². The van der Waals surface area contributed by atoms with E-state index in [1.54, 1.807) is 12.1 Å². The van der Waals surface area contributed by atoms with Crippen LogP contribution in [-0.2, 0) is 6.54 Å². The first-order valence-corrected chi connectivity index (χ1v) is 6.10. The Labute approximate surface area is 107 Å². The van der Waals surface area contributed by atoms with Crippen molar-refractivity contribution in [2.75, 3.05) is 20.7 Å². The molecule has 5 heteroatoms. The van der Waals surface area contributed by atoms with Crippen molar-refractivity contribution in [3.8, 4) is 5.75 Å². The summed E-state index contributed by atoms with van der Waals surface area (Å²) in [6.45, 7) is 1.81. The molecule has 0 unspecified atom stereocenters. The van der Waals surface area contributed by atoms with Gasteiger partial charge in [-0.05, 0) is 37.4 Å². The third kappa shape index (κ3) is 3.20. The van der Waals surface area contributed by atoms with Crippen LogP contribution in [0.4, 0.5) is 5.69 Å². The highest BCUT2D eigenvalue weighted by molar-refractivity contribution is 5.48. The van der Waals surface area contributed by atoms with Crippen LogP contribution >= 0.6 is 0 Å². The van der Waals surface area contributed by atoms with Crippen LogP contribution in [0, 0.1) is 16.0 Å². The minimum Gasteiger partial charge on any atom is -0.490 e. The second-order valence-corrected chi connectivity index (χ2v) is 4.90. The Balaban J connectivity index is 2.07. The average molecular weight is 250 g/mol. The number of nitro benzene ring substituents is 1. The molecule has 1 aromatic carbocycles. The summed E-state index contributed by atoms with van der Waals surface area (Å²) >= 11 is 0. The molecule has 0 aromatic heterocycles. The molecule has 1 saturated carbocycles. The van der Waals surface area contributed by atoms with E-state index in [0.29, 0.717) is 5.75 Å². The van der Waals surface area contributed by atoms with Gasteiger partial charge in [0.25, 0.3) is 0 Å². The summed E-state index contributed by atoms with van der Waals surface area (Å²) in [4.78, 5) is 12.7. The second-order valence-electron chi connectivity index (χ2n) is 4.90. The summed E-state index contributed by atoms with van der Waals surface area (Å²) in [5.41, 5.74) is 0.987. The lowest BCUT2D eigenvalue weighted by molar-refractivity contribution is -0.385. The number of methoxy groups -OCH3 is 1.